The molecule has 31 heavy (non-hydrogen) atoms. The maximum atomic E-state index is 6.04. The number of aromatic nitrogens is 2. The summed E-state index contributed by atoms with van der Waals surface area (Å²) in [5.41, 5.74) is 2.08. The zero-order chi connectivity index (χ0) is 21.5. The van der Waals surface area contributed by atoms with Gasteiger partial charge in [0.05, 0.1) is 24.8 Å². The number of nitrogens with zero attached hydrogens (tertiary/aromatic N) is 2. The largest absolute Gasteiger partial charge is 0.494 e. The molecule has 4 rings (SSSR count). The zero-order valence-electron chi connectivity index (χ0n) is 17.5. The van der Waals surface area contributed by atoms with Gasteiger partial charge in [-0.3, -0.25) is 0 Å². The van der Waals surface area contributed by atoms with Gasteiger partial charge < -0.3 is 18.8 Å². The molecule has 3 aromatic carbocycles. The molecule has 6 heteroatoms. The summed E-state index contributed by atoms with van der Waals surface area (Å²) in [6, 6.07) is 23.3. The molecule has 1 aromatic heterocycles. The average Bonchev–Trinajstić information content (AvgIpc) is 3.16. The van der Waals surface area contributed by atoms with Gasteiger partial charge in [0.15, 0.2) is 11.5 Å². The second kappa shape index (κ2) is 10.2. The number of fused-ring (bicyclic) bond motifs is 1. The molecular formula is C25H25ClN2O3. The fraction of sp³-hybridized carbons (Fsp3) is 0.240. The second-order valence-electron chi connectivity index (χ2n) is 7.12. The van der Waals surface area contributed by atoms with Gasteiger partial charge >= 0.3 is 0 Å². The van der Waals surface area contributed by atoms with Crippen molar-refractivity contribution >= 4 is 22.6 Å². The predicted octanol–water partition coefficient (Wildman–Crippen LogP) is 6.14. The Hall–Kier alpha value is -3.18. The van der Waals surface area contributed by atoms with E-state index in [1.807, 2.05) is 66.7 Å². The number of hydrogen-bond donors (Lipinski definition) is 0. The van der Waals surface area contributed by atoms with Gasteiger partial charge in [-0.15, -0.1) is 0 Å². The quantitative estimate of drug-likeness (QED) is 0.280. The Morgan fingerprint density at radius 3 is 2.39 bits per heavy atom. The van der Waals surface area contributed by atoms with Gasteiger partial charge in [0.1, 0.15) is 18.2 Å². The van der Waals surface area contributed by atoms with Crippen molar-refractivity contribution in [1.29, 1.82) is 0 Å². The van der Waals surface area contributed by atoms with Crippen LogP contribution in [0.15, 0.2) is 72.8 Å². The van der Waals surface area contributed by atoms with E-state index in [1.54, 1.807) is 7.11 Å². The molecule has 0 aliphatic rings. The molecule has 4 aromatic rings. The Kier molecular flexibility index (Phi) is 6.95. The smallest absolute Gasteiger partial charge is 0.161 e. The molecule has 0 aliphatic carbocycles. The molecule has 0 fully saturated rings. The highest BCUT2D eigenvalue weighted by atomic mass is 35.5. The molecule has 1 heterocycles. The number of methoxy groups -OCH3 is 1. The average molecular weight is 437 g/mol. The third-order valence-electron chi connectivity index (χ3n) is 5.02. The van der Waals surface area contributed by atoms with Gasteiger partial charge in [-0.2, -0.15) is 0 Å². The maximum Gasteiger partial charge on any atom is 0.161 e. The van der Waals surface area contributed by atoms with E-state index in [-0.39, 0.29) is 0 Å². The van der Waals surface area contributed by atoms with Crippen molar-refractivity contribution < 1.29 is 14.2 Å². The van der Waals surface area contributed by atoms with Gasteiger partial charge in [0.25, 0.3) is 0 Å². The molecule has 0 spiro atoms. The first kappa shape index (κ1) is 21.1. The number of hydrogen-bond acceptors (Lipinski definition) is 4. The lowest BCUT2D eigenvalue weighted by atomic mass is 10.3. The van der Waals surface area contributed by atoms with Crippen LogP contribution in [0.2, 0.25) is 5.02 Å². The molecule has 0 atom stereocenters. The SMILES string of the molecule is COc1ccccc1OCc1nc2ccccc2n1CCCCOc1ccc(Cl)cc1. The van der Waals surface area contributed by atoms with Crippen LogP contribution in [0.3, 0.4) is 0 Å². The monoisotopic (exact) mass is 436 g/mol. The van der Waals surface area contributed by atoms with Crippen LogP contribution in [0.4, 0.5) is 0 Å². The number of rotatable bonds is 10. The van der Waals surface area contributed by atoms with Crippen molar-refractivity contribution in [2.24, 2.45) is 0 Å². The van der Waals surface area contributed by atoms with Gasteiger partial charge in [0.2, 0.25) is 0 Å². The fourth-order valence-electron chi connectivity index (χ4n) is 3.46. The fourth-order valence-corrected chi connectivity index (χ4v) is 3.58. The topological polar surface area (TPSA) is 45.5 Å². The van der Waals surface area contributed by atoms with Crippen molar-refractivity contribution in [1.82, 2.24) is 9.55 Å². The van der Waals surface area contributed by atoms with Crippen molar-refractivity contribution in [2.45, 2.75) is 26.0 Å². The van der Waals surface area contributed by atoms with Crippen LogP contribution in [0.1, 0.15) is 18.7 Å². The molecule has 0 radical (unpaired) electrons. The molecule has 0 saturated heterocycles. The van der Waals surface area contributed by atoms with Gasteiger partial charge in [-0.1, -0.05) is 35.9 Å². The Morgan fingerprint density at radius 1 is 0.839 bits per heavy atom. The number of halogens is 1. The lowest BCUT2D eigenvalue weighted by Gasteiger charge is -2.12. The summed E-state index contributed by atoms with van der Waals surface area (Å²) in [6.07, 6.45) is 1.90. The first-order valence-electron chi connectivity index (χ1n) is 10.3. The maximum absolute atomic E-state index is 6.04. The van der Waals surface area contributed by atoms with E-state index in [4.69, 9.17) is 30.8 Å². The normalized spacial score (nSPS) is 10.9. The summed E-state index contributed by atoms with van der Waals surface area (Å²) < 4.78 is 19.5. The van der Waals surface area contributed by atoms with Crippen molar-refractivity contribution in [3.63, 3.8) is 0 Å². The number of aryl methyl sites for hydroxylation is 1. The van der Waals surface area contributed by atoms with Gasteiger partial charge in [-0.05, 0) is 61.4 Å². The summed E-state index contributed by atoms with van der Waals surface area (Å²) in [4.78, 5) is 4.79. The van der Waals surface area contributed by atoms with Crippen LogP contribution >= 0.6 is 11.6 Å². The highest BCUT2D eigenvalue weighted by Crippen LogP contribution is 2.27. The standard InChI is InChI=1S/C25H25ClN2O3/c1-29-23-10-4-5-11-24(23)31-18-25-27-21-8-2-3-9-22(21)28(25)16-6-7-17-30-20-14-12-19(26)13-15-20/h2-5,8-15H,6-7,16-18H2,1H3. The molecule has 0 N–H and O–H groups in total. The van der Waals surface area contributed by atoms with Crippen molar-refractivity contribution in [3.8, 4) is 17.2 Å². The van der Waals surface area contributed by atoms with E-state index in [1.165, 1.54) is 0 Å². The summed E-state index contributed by atoms with van der Waals surface area (Å²) in [7, 11) is 1.64. The van der Waals surface area contributed by atoms with E-state index in [0.29, 0.717) is 29.7 Å². The van der Waals surface area contributed by atoms with Crippen LogP contribution in [0, 0.1) is 0 Å². The van der Waals surface area contributed by atoms with E-state index < -0.39 is 0 Å². The number of imidazole rings is 1. The molecule has 0 amide bonds. The number of ether oxygens (including phenoxy) is 3. The molecule has 0 saturated carbocycles. The van der Waals surface area contributed by atoms with Crippen LogP contribution in [0.25, 0.3) is 11.0 Å². The van der Waals surface area contributed by atoms with E-state index in [0.717, 1.165) is 42.0 Å². The van der Waals surface area contributed by atoms with Gasteiger partial charge in [-0.25, -0.2) is 4.98 Å². The van der Waals surface area contributed by atoms with E-state index >= 15 is 0 Å². The highest BCUT2D eigenvalue weighted by Gasteiger charge is 2.12. The summed E-state index contributed by atoms with van der Waals surface area (Å²) in [5, 5.41) is 0.710. The lowest BCUT2D eigenvalue weighted by molar-refractivity contribution is 0.270. The van der Waals surface area contributed by atoms with Crippen LogP contribution < -0.4 is 14.2 Å². The molecule has 0 unspecified atom stereocenters. The minimum atomic E-state index is 0.371. The number of unbranched alkanes of at least 4 members (excludes halogenated alkanes) is 1. The molecule has 0 bridgehead atoms. The van der Waals surface area contributed by atoms with Gasteiger partial charge in [0, 0.05) is 11.6 Å². The Morgan fingerprint density at radius 2 is 1.58 bits per heavy atom. The summed E-state index contributed by atoms with van der Waals surface area (Å²) in [6.45, 7) is 1.87. The number of benzene rings is 3. The van der Waals surface area contributed by atoms with Crippen molar-refractivity contribution in [3.05, 3.63) is 83.6 Å². The number of para-hydroxylation sites is 4. The second-order valence-corrected chi connectivity index (χ2v) is 7.55. The molecular weight excluding hydrogens is 412 g/mol. The van der Waals surface area contributed by atoms with Crippen LogP contribution in [-0.2, 0) is 13.2 Å². The Balaban J connectivity index is 1.39. The molecule has 0 aliphatic heterocycles. The van der Waals surface area contributed by atoms with Crippen LogP contribution in [-0.4, -0.2) is 23.3 Å². The predicted molar refractivity (Wildman–Crippen MR) is 123 cm³/mol. The lowest BCUT2D eigenvalue weighted by Crippen LogP contribution is -2.09. The minimum absolute atomic E-state index is 0.371. The van der Waals surface area contributed by atoms with Crippen molar-refractivity contribution in [2.75, 3.05) is 13.7 Å². The molecule has 160 valence electrons. The minimum Gasteiger partial charge on any atom is -0.494 e. The zero-order valence-corrected chi connectivity index (χ0v) is 18.2. The third kappa shape index (κ3) is 5.30. The summed E-state index contributed by atoms with van der Waals surface area (Å²) >= 11 is 5.92. The van der Waals surface area contributed by atoms with Crippen LogP contribution in [0.5, 0.6) is 17.2 Å². The summed E-state index contributed by atoms with van der Waals surface area (Å²) in [5.74, 6) is 3.15. The molecule has 5 nitrogen and oxygen atoms in total. The highest BCUT2D eigenvalue weighted by molar-refractivity contribution is 6.30. The van der Waals surface area contributed by atoms with E-state index in [2.05, 4.69) is 10.6 Å². The van der Waals surface area contributed by atoms with E-state index in [9.17, 15) is 0 Å². The first-order chi connectivity index (χ1) is 15.2. The first-order valence-corrected chi connectivity index (χ1v) is 10.7. The Bertz CT molecular complexity index is 1130. The Labute approximate surface area is 187 Å². The third-order valence-corrected chi connectivity index (χ3v) is 5.27.